The Kier molecular flexibility index (Phi) is 5.86. The van der Waals surface area contributed by atoms with Gasteiger partial charge in [-0.2, -0.15) is 0 Å². The van der Waals surface area contributed by atoms with Crippen LogP contribution in [0.1, 0.15) is 55.5 Å². The molecule has 2 N–H and O–H groups in total. The van der Waals surface area contributed by atoms with Crippen LogP contribution in [0.5, 0.6) is 0 Å². The van der Waals surface area contributed by atoms with E-state index in [1.807, 2.05) is 6.20 Å². The molecule has 0 radical (unpaired) electrons. The number of carbonyl (C=O) groups is 1. The van der Waals surface area contributed by atoms with Crippen molar-refractivity contribution < 1.29 is 4.79 Å². The Labute approximate surface area is 154 Å². The van der Waals surface area contributed by atoms with Crippen LogP contribution in [0.4, 0.5) is 5.13 Å². The Morgan fingerprint density at radius 2 is 1.96 bits per heavy atom. The molecule has 1 amide bonds. The molecule has 25 heavy (non-hydrogen) atoms. The minimum Gasteiger partial charge on any atom is -0.302 e. The number of benzene rings is 1. The van der Waals surface area contributed by atoms with E-state index in [4.69, 9.17) is 0 Å². The van der Waals surface area contributed by atoms with Gasteiger partial charge >= 0.3 is 0 Å². The molecule has 1 aliphatic rings. The summed E-state index contributed by atoms with van der Waals surface area (Å²) in [5.41, 5.74) is 2.80. The zero-order valence-electron chi connectivity index (χ0n) is 15.2. The number of nitrogens with zero attached hydrogens (tertiary/aromatic N) is 1. The first-order chi connectivity index (χ1) is 12.1. The smallest absolute Gasteiger partial charge is 0.243 e. The first-order valence-electron chi connectivity index (χ1n) is 9.16. The highest BCUT2D eigenvalue weighted by Gasteiger charge is 2.26. The van der Waals surface area contributed by atoms with Crippen molar-refractivity contribution in [3.05, 3.63) is 46.5 Å². The molecule has 5 heteroatoms. The van der Waals surface area contributed by atoms with Gasteiger partial charge in [-0.1, -0.05) is 51.5 Å². The van der Waals surface area contributed by atoms with E-state index < -0.39 is 0 Å². The molecule has 134 valence electrons. The predicted octanol–water partition coefficient (Wildman–Crippen LogP) is 4.13. The summed E-state index contributed by atoms with van der Waals surface area (Å²) in [5.74, 6) is 0.465. The third-order valence-corrected chi connectivity index (χ3v) is 5.92. The molecular weight excluding hydrogens is 330 g/mol. The molecule has 1 aromatic carbocycles. The van der Waals surface area contributed by atoms with Crippen molar-refractivity contribution >= 4 is 22.4 Å². The van der Waals surface area contributed by atoms with Gasteiger partial charge in [-0.3, -0.25) is 4.79 Å². The van der Waals surface area contributed by atoms with Gasteiger partial charge in [0.2, 0.25) is 5.91 Å². The molecule has 1 aliphatic carbocycles. The van der Waals surface area contributed by atoms with Crippen LogP contribution in [0.15, 0.2) is 30.5 Å². The van der Waals surface area contributed by atoms with Gasteiger partial charge in [-0.25, -0.2) is 4.98 Å². The van der Waals surface area contributed by atoms with E-state index in [1.165, 1.54) is 16.0 Å². The fourth-order valence-corrected chi connectivity index (χ4v) is 4.17. The van der Waals surface area contributed by atoms with Crippen molar-refractivity contribution in [3.63, 3.8) is 0 Å². The molecule has 0 saturated heterocycles. The van der Waals surface area contributed by atoms with E-state index in [0.717, 1.165) is 25.7 Å². The Morgan fingerprint density at radius 3 is 2.52 bits per heavy atom. The average molecular weight is 358 g/mol. The number of anilines is 1. The molecule has 0 unspecified atom stereocenters. The van der Waals surface area contributed by atoms with Gasteiger partial charge in [-0.15, -0.1) is 11.3 Å². The first kappa shape index (κ1) is 18.1. The lowest BCUT2D eigenvalue weighted by Gasteiger charge is -2.21. The lowest BCUT2D eigenvalue weighted by Crippen LogP contribution is -2.46. The number of nitrogens with one attached hydrogen (secondary N) is 2. The summed E-state index contributed by atoms with van der Waals surface area (Å²) in [7, 11) is 0. The Balaban J connectivity index is 1.61. The fourth-order valence-electron chi connectivity index (χ4n) is 3.34. The summed E-state index contributed by atoms with van der Waals surface area (Å²) >= 11 is 1.57. The topological polar surface area (TPSA) is 54.0 Å². The quantitative estimate of drug-likeness (QED) is 0.783. The van der Waals surface area contributed by atoms with Crippen molar-refractivity contribution in [2.45, 2.75) is 64.5 Å². The molecule has 0 spiro atoms. The molecule has 2 aromatic rings. The van der Waals surface area contributed by atoms with Gasteiger partial charge in [-0.05, 0) is 36.3 Å². The van der Waals surface area contributed by atoms with Gasteiger partial charge in [0, 0.05) is 17.1 Å². The highest BCUT2D eigenvalue weighted by Crippen LogP contribution is 2.26. The minimum absolute atomic E-state index is 0.0301. The summed E-state index contributed by atoms with van der Waals surface area (Å²) in [6, 6.07) is 8.72. The van der Waals surface area contributed by atoms with Crippen molar-refractivity contribution in [2.24, 2.45) is 0 Å². The molecular formula is C20H27N3OS. The largest absolute Gasteiger partial charge is 0.302 e. The van der Waals surface area contributed by atoms with Crippen molar-refractivity contribution in [3.8, 4) is 0 Å². The van der Waals surface area contributed by atoms with Crippen LogP contribution in [0.3, 0.4) is 0 Å². The van der Waals surface area contributed by atoms with Gasteiger partial charge in [0.05, 0.1) is 6.04 Å². The second-order valence-corrected chi connectivity index (χ2v) is 8.16. The molecule has 3 rings (SSSR count). The fraction of sp³-hybridized carbons (Fsp3) is 0.500. The number of amides is 1. The normalized spacial score (nSPS) is 15.4. The summed E-state index contributed by atoms with van der Waals surface area (Å²) in [4.78, 5) is 18.3. The van der Waals surface area contributed by atoms with Crippen molar-refractivity contribution in [1.82, 2.24) is 10.3 Å². The molecule has 1 atom stereocenters. The zero-order chi connectivity index (χ0) is 17.8. The van der Waals surface area contributed by atoms with E-state index >= 15 is 0 Å². The van der Waals surface area contributed by atoms with Crippen LogP contribution in [-0.4, -0.2) is 23.0 Å². The number of carbonyl (C=O) groups excluding carboxylic acids is 1. The Morgan fingerprint density at radius 1 is 1.28 bits per heavy atom. The zero-order valence-corrected chi connectivity index (χ0v) is 16.0. The molecule has 1 heterocycles. The minimum atomic E-state index is -0.171. The average Bonchev–Trinajstić information content (AvgIpc) is 3.20. The predicted molar refractivity (Wildman–Crippen MR) is 104 cm³/mol. The van der Waals surface area contributed by atoms with Crippen LogP contribution in [-0.2, 0) is 17.6 Å². The standard InChI is InChI=1S/C20H27N3OS/c1-4-7-17(19(24)23-20-21-12-18(25-20)13(2)3)22-16-10-14-8-5-6-9-15(14)11-16/h5-6,8-9,12-13,16-17,22H,4,7,10-11H2,1-3H3,(H,21,23,24)/t17-/m0/s1. The van der Waals surface area contributed by atoms with E-state index in [1.54, 1.807) is 11.3 Å². The van der Waals surface area contributed by atoms with E-state index in [9.17, 15) is 4.79 Å². The number of rotatable bonds is 7. The van der Waals surface area contributed by atoms with Crippen LogP contribution in [0.2, 0.25) is 0 Å². The number of thiazole rings is 1. The third-order valence-electron chi connectivity index (χ3n) is 4.70. The van der Waals surface area contributed by atoms with Crippen molar-refractivity contribution in [2.75, 3.05) is 5.32 Å². The molecule has 0 bridgehead atoms. The monoisotopic (exact) mass is 357 g/mol. The van der Waals surface area contributed by atoms with E-state index in [-0.39, 0.29) is 11.9 Å². The molecule has 0 saturated carbocycles. The summed E-state index contributed by atoms with van der Waals surface area (Å²) in [5, 5.41) is 7.28. The molecule has 0 fully saturated rings. The molecule has 0 aliphatic heterocycles. The second-order valence-electron chi connectivity index (χ2n) is 7.09. The van der Waals surface area contributed by atoms with Gasteiger partial charge in [0.1, 0.15) is 0 Å². The van der Waals surface area contributed by atoms with Crippen LogP contribution < -0.4 is 10.6 Å². The Bertz CT molecular complexity index is 700. The number of hydrogen-bond donors (Lipinski definition) is 2. The number of fused-ring (bicyclic) bond motifs is 1. The van der Waals surface area contributed by atoms with Crippen molar-refractivity contribution in [1.29, 1.82) is 0 Å². The number of hydrogen-bond acceptors (Lipinski definition) is 4. The maximum Gasteiger partial charge on any atom is 0.243 e. The molecule has 4 nitrogen and oxygen atoms in total. The lowest BCUT2D eigenvalue weighted by molar-refractivity contribution is -0.118. The highest BCUT2D eigenvalue weighted by molar-refractivity contribution is 7.15. The van der Waals surface area contributed by atoms with Gasteiger partial charge in [0.25, 0.3) is 0 Å². The maximum absolute atomic E-state index is 12.7. The highest BCUT2D eigenvalue weighted by atomic mass is 32.1. The second kappa shape index (κ2) is 8.11. The first-order valence-corrected chi connectivity index (χ1v) is 9.98. The van der Waals surface area contributed by atoms with Gasteiger partial charge in [0.15, 0.2) is 5.13 Å². The summed E-state index contributed by atoms with van der Waals surface area (Å²) < 4.78 is 0. The summed E-state index contributed by atoms with van der Waals surface area (Å²) in [6.07, 6.45) is 5.67. The van der Waals surface area contributed by atoms with Gasteiger partial charge < -0.3 is 10.6 Å². The van der Waals surface area contributed by atoms with E-state index in [0.29, 0.717) is 17.1 Å². The molecule has 1 aromatic heterocycles. The van der Waals surface area contributed by atoms with Crippen LogP contribution in [0, 0.1) is 0 Å². The lowest BCUT2D eigenvalue weighted by atomic mass is 10.1. The summed E-state index contributed by atoms with van der Waals surface area (Å²) in [6.45, 7) is 6.39. The van der Waals surface area contributed by atoms with E-state index in [2.05, 4.69) is 60.7 Å². The van der Waals surface area contributed by atoms with Crippen LogP contribution >= 0.6 is 11.3 Å². The number of aromatic nitrogens is 1. The third kappa shape index (κ3) is 4.47. The van der Waals surface area contributed by atoms with Crippen LogP contribution in [0.25, 0.3) is 0 Å². The maximum atomic E-state index is 12.7. The Hall–Kier alpha value is -1.72. The SMILES string of the molecule is CCC[C@H](NC1Cc2ccccc2C1)C(=O)Nc1ncc(C(C)C)s1.